The van der Waals surface area contributed by atoms with Crippen LogP contribution in [0.25, 0.3) is 0 Å². The van der Waals surface area contributed by atoms with Gasteiger partial charge in [-0.2, -0.15) is 0 Å². The van der Waals surface area contributed by atoms with Crippen molar-refractivity contribution in [2.75, 3.05) is 0 Å². The van der Waals surface area contributed by atoms with E-state index in [4.69, 9.17) is 4.84 Å². The number of aryl methyl sites for hydroxylation is 3. The number of hydrogen-bond donors (Lipinski definition) is 0. The van der Waals surface area contributed by atoms with Gasteiger partial charge in [0.1, 0.15) is 0 Å². The lowest BCUT2D eigenvalue weighted by Crippen LogP contribution is -2.06. The predicted molar refractivity (Wildman–Crippen MR) is 84.7 cm³/mol. The summed E-state index contributed by atoms with van der Waals surface area (Å²) in [5, 5.41) is 3.99. The van der Waals surface area contributed by atoms with Gasteiger partial charge in [-0.25, -0.2) is 4.79 Å². The maximum absolute atomic E-state index is 11.9. The van der Waals surface area contributed by atoms with Gasteiger partial charge in [-0.3, -0.25) is 0 Å². The molecule has 108 valence electrons. The van der Waals surface area contributed by atoms with Crippen molar-refractivity contribution >= 4 is 11.7 Å². The average Bonchev–Trinajstić information content (AvgIpc) is 2.44. The summed E-state index contributed by atoms with van der Waals surface area (Å²) < 4.78 is 0. The topological polar surface area (TPSA) is 38.7 Å². The van der Waals surface area contributed by atoms with E-state index in [0.29, 0.717) is 11.3 Å². The Kier molecular flexibility index (Phi) is 4.53. The Morgan fingerprint density at radius 1 is 1.00 bits per heavy atom. The highest BCUT2D eigenvalue weighted by Crippen LogP contribution is 2.17. The molecule has 3 heteroatoms. The summed E-state index contributed by atoms with van der Waals surface area (Å²) in [7, 11) is 0. The third-order valence-electron chi connectivity index (χ3n) is 3.31. The minimum Gasteiger partial charge on any atom is -0.313 e. The van der Waals surface area contributed by atoms with Crippen LogP contribution in [-0.2, 0) is 4.84 Å². The Morgan fingerprint density at radius 3 is 2.14 bits per heavy atom. The van der Waals surface area contributed by atoms with Gasteiger partial charge in [0.25, 0.3) is 0 Å². The fourth-order valence-electron chi connectivity index (χ4n) is 2.53. The molecule has 0 aromatic heterocycles. The van der Waals surface area contributed by atoms with E-state index in [1.54, 1.807) is 24.3 Å². The van der Waals surface area contributed by atoms with Crippen LogP contribution in [0.3, 0.4) is 0 Å². The van der Waals surface area contributed by atoms with Crippen LogP contribution in [0.5, 0.6) is 0 Å². The van der Waals surface area contributed by atoms with Crippen LogP contribution in [-0.4, -0.2) is 11.7 Å². The summed E-state index contributed by atoms with van der Waals surface area (Å²) in [5.41, 5.74) is 5.69. The second kappa shape index (κ2) is 6.35. The standard InChI is InChI=1S/C18H19NO2/c1-12-10-13(2)17(14(3)11-12)15(4)19-21-18(20)16-8-6-5-7-9-16/h5-11H,1-4H3/b19-15+. The molecule has 0 aliphatic rings. The molecule has 2 aromatic rings. The normalized spacial score (nSPS) is 11.3. The van der Waals surface area contributed by atoms with Crippen molar-refractivity contribution in [3.8, 4) is 0 Å². The van der Waals surface area contributed by atoms with E-state index < -0.39 is 5.97 Å². The van der Waals surface area contributed by atoms with Gasteiger partial charge in [0.15, 0.2) is 0 Å². The van der Waals surface area contributed by atoms with Crippen molar-refractivity contribution in [3.05, 3.63) is 70.3 Å². The quantitative estimate of drug-likeness (QED) is 0.480. The first-order chi connectivity index (χ1) is 9.99. The zero-order chi connectivity index (χ0) is 15.4. The lowest BCUT2D eigenvalue weighted by atomic mass is 9.97. The van der Waals surface area contributed by atoms with E-state index in [0.717, 1.165) is 16.7 Å². The molecule has 0 aliphatic heterocycles. The first-order valence-corrected chi connectivity index (χ1v) is 6.88. The van der Waals surface area contributed by atoms with Crippen LogP contribution in [0.2, 0.25) is 0 Å². The summed E-state index contributed by atoms with van der Waals surface area (Å²) >= 11 is 0. The van der Waals surface area contributed by atoms with Crippen molar-refractivity contribution in [1.29, 1.82) is 0 Å². The van der Waals surface area contributed by atoms with E-state index in [-0.39, 0.29) is 0 Å². The van der Waals surface area contributed by atoms with Crippen molar-refractivity contribution in [1.82, 2.24) is 0 Å². The molecule has 21 heavy (non-hydrogen) atoms. The molecule has 2 aromatic carbocycles. The lowest BCUT2D eigenvalue weighted by Gasteiger charge is -2.10. The summed E-state index contributed by atoms with van der Waals surface area (Å²) in [4.78, 5) is 16.9. The molecule has 0 aliphatic carbocycles. The minimum absolute atomic E-state index is 0.447. The second-order valence-corrected chi connectivity index (χ2v) is 5.20. The maximum atomic E-state index is 11.9. The van der Waals surface area contributed by atoms with Crippen LogP contribution in [0.15, 0.2) is 47.6 Å². The third-order valence-corrected chi connectivity index (χ3v) is 3.31. The summed E-state index contributed by atoms with van der Waals surface area (Å²) in [6.07, 6.45) is 0. The number of rotatable bonds is 3. The predicted octanol–water partition coefficient (Wildman–Crippen LogP) is 4.19. The molecular formula is C18H19NO2. The van der Waals surface area contributed by atoms with Crippen molar-refractivity contribution in [2.24, 2.45) is 5.16 Å². The number of benzene rings is 2. The average molecular weight is 281 g/mol. The largest absolute Gasteiger partial charge is 0.365 e. The lowest BCUT2D eigenvalue weighted by molar-refractivity contribution is 0.0516. The fraction of sp³-hybridized carbons (Fsp3) is 0.222. The number of hydrogen-bond acceptors (Lipinski definition) is 3. The Hall–Kier alpha value is -2.42. The van der Waals surface area contributed by atoms with Crippen LogP contribution in [0.1, 0.15) is 39.5 Å². The van der Waals surface area contributed by atoms with Crippen LogP contribution in [0.4, 0.5) is 0 Å². The third kappa shape index (κ3) is 3.57. The molecular weight excluding hydrogens is 262 g/mol. The van der Waals surface area contributed by atoms with E-state index in [9.17, 15) is 4.79 Å². The molecule has 0 fully saturated rings. The molecule has 0 amide bonds. The van der Waals surface area contributed by atoms with Gasteiger partial charge in [0, 0.05) is 5.56 Å². The SMILES string of the molecule is C/C(=N\OC(=O)c1ccccc1)c1c(C)cc(C)cc1C. The van der Waals surface area contributed by atoms with E-state index >= 15 is 0 Å². The van der Waals surface area contributed by atoms with Crippen molar-refractivity contribution < 1.29 is 9.63 Å². The molecule has 0 atom stereocenters. The number of carbonyl (C=O) groups excluding carboxylic acids is 1. The molecule has 0 N–H and O–H groups in total. The highest BCUT2D eigenvalue weighted by Gasteiger charge is 2.10. The first-order valence-electron chi connectivity index (χ1n) is 6.88. The molecule has 3 nitrogen and oxygen atoms in total. The van der Waals surface area contributed by atoms with Crippen LogP contribution >= 0.6 is 0 Å². The zero-order valence-electron chi connectivity index (χ0n) is 12.8. The van der Waals surface area contributed by atoms with Gasteiger partial charge in [0.2, 0.25) is 0 Å². The van der Waals surface area contributed by atoms with Crippen molar-refractivity contribution in [2.45, 2.75) is 27.7 Å². The molecule has 0 spiro atoms. The second-order valence-electron chi connectivity index (χ2n) is 5.20. The molecule has 0 heterocycles. The maximum Gasteiger partial charge on any atom is 0.365 e. The molecule has 0 radical (unpaired) electrons. The Morgan fingerprint density at radius 2 is 1.57 bits per heavy atom. The Labute approximate surface area is 125 Å². The number of carbonyl (C=O) groups is 1. The smallest absolute Gasteiger partial charge is 0.313 e. The van der Waals surface area contributed by atoms with Gasteiger partial charge < -0.3 is 4.84 Å². The van der Waals surface area contributed by atoms with Gasteiger partial charge in [0.05, 0.1) is 11.3 Å². The zero-order valence-corrected chi connectivity index (χ0v) is 12.8. The van der Waals surface area contributed by atoms with Crippen LogP contribution < -0.4 is 0 Å². The summed E-state index contributed by atoms with van der Waals surface area (Å²) in [5.74, 6) is -0.447. The number of oxime groups is 1. The first kappa shape index (κ1) is 15.0. The summed E-state index contributed by atoms with van der Waals surface area (Å²) in [6.45, 7) is 7.98. The molecule has 0 bridgehead atoms. The van der Waals surface area contributed by atoms with E-state index in [2.05, 4.69) is 24.2 Å². The molecule has 0 unspecified atom stereocenters. The van der Waals surface area contributed by atoms with E-state index in [1.807, 2.05) is 26.8 Å². The highest BCUT2D eigenvalue weighted by molar-refractivity contribution is 6.01. The van der Waals surface area contributed by atoms with Crippen LogP contribution in [0, 0.1) is 20.8 Å². The molecule has 0 saturated heterocycles. The van der Waals surface area contributed by atoms with Gasteiger partial charge in [-0.1, -0.05) is 41.1 Å². The van der Waals surface area contributed by atoms with Gasteiger partial charge in [-0.15, -0.1) is 0 Å². The Balaban J connectivity index is 2.21. The van der Waals surface area contributed by atoms with Gasteiger partial charge in [-0.05, 0) is 51.0 Å². The van der Waals surface area contributed by atoms with Gasteiger partial charge >= 0.3 is 5.97 Å². The summed E-state index contributed by atoms with van der Waals surface area (Å²) in [6, 6.07) is 13.0. The number of nitrogens with zero attached hydrogens (tertiary/aromatic N) is 1. The van der Waals surface area contributed by atoms with Crippen molar-refractivity contribution in [3.63, 3.8) is 0 Å². The minimum atomic E-state index is -0.447. The monoisotopic (exact) mass is 281 g/mol. The molecule has 2 rings (SSSR count). The highest BCUT2D eigenvalue weighted by atomic mass is 16.7. The fourth-order valence-corrected chi connectivity index (χ4v) is 2.53. The Bertz CT molecular complexity index is 665. The van der Waals surface area contributed by atoms with E-state index in [1.165, 1.54) is 5.56 Å². The molecule has 0 saturated carbocycles.